The molecule has 6 nitrogen and oxygen atoms in total. The van der Waals surface area contributed by atoms with E-state index in [1.54, 1.807) is 11.8 Å². The van der Waals surface area contributed by atoms with Crippen molar-refractivity contribution in [2.75, 3.05) is 33.8 Å². The van der Waals surface area contributed by atoms with Crippen molar-refractivity contribution < 1.29 is 9.53 Å². The van der Waals surface area contributed by atoms with E-state index in [0.717, 1.165) is 43.8 Å². The first-order valence-electron chi connectivity index (χ1n) is 9.25. The second-order valence-electron chi connectivity index (χ2n) is 6.89. The van der Waals surface area contributed by atoms with Gasteiger partial charge in [0.15, 0.2) is 0 Å². The van der Waals surface area contributed by atoms with Crippen molar-refractivity contribution in [2.45, 2.75) is 19.3 Å². The van der Waals surface area contributed by atoms with Crippen LogP contribution >= 0.6 is 0 Å². The lowest BCUT2D eigenvalue weighted by atomic mass is 9.93. The van der Waals surface area contributed by atoms with Crippen LogP contribution in [0.2, 0.25) is 0 Å². The molecule has 6 heteroatoms. The minimum absolute atomic E-state index is 0.0612. The van der Waals surface area contributed by atoms with Gasteiger partial charge < -0.3 is 15.0 Å². The predicted octanol–water partition coefficient (Wildman–Crippen LogP) is 2.56. The maximum atomic E-state index is 13.1. The molecule has 1 fully saturated rings. The molecule has 0 aliphatic carbocycles. The number of nitrogens with one attached hydrogen (secondary N) is 1. The number of nitrogens with zero attached hydrogens (tertiary/aromatic N) is 3. The van der Waals surface area contributed by atoms with Gasteiger partial charge in [-0.05, 0) is 50.9 Å². The maximum absolute atomic E-state index is 13.1. The number of hydrogen-bond acceptors (Lipinski definition) is 4. The number of ether oxygens (including phenoxy) is 1. The van der Waals surface area contributed by atoms with Gasteiger partial charge in [-0.3, -0.25) is 9.48 Å². The van der Waals surface area contributed by atoms with Gasteiger partial charge in [-0.2, -0.15) is 5.10 Å². The van der Waals surface area contributed by atoms with E-state index in [9.17, 15) is 4.79 Å². The standard InChI is InChI=1S/C20H28N4O2/c1-21-11-8-15-9-12-24(13-10-15)20(25)17-14-23(2)22-19(17)16-6-4-5-7-18(16)26-3/h4-7,14-15,21H,8-13H2,1-3H3. The number of rotatable bonds is 6. The topological polar surface area (TPSA) is 59.4 Å². The molecule has 0 saturated carbocycles. The Morgan fingerprint density at radius 2 is 2.04 bits per heavy atom. The van der Waals surface area contributed by atoms with Gasteiger partial charge in [-0.1, -0.05) is 12.1 Å². The molecule has 2 aromatic rings. The molecule has 1 aromatic heterocycles. The molecular formula is C20H28N4O2. The summed E-state index contributed by atoms with van der Waals surface area (Å²) >= 11 is 0. The van der Waals surface area contributed by atoms with Crippen molar-refractivity contribution in [1.29, 1.82) is 0 Å². The van der Waals surface area contributed by atoms with Gasteiger partial charge in [0, 0.05) is 31.9 Å². The summed E-state index contributed by atoms with van der Waals surface area (Å²) in [6.07, 6.45) is 5.13. The third-order valence-corrected chi connectivity index (χ3v) is 5.13. The van der Waals surface area contributed by atoms with Gasteiger partial charge in [-0.25, -0.2) is 0 Å². The zero-order valence-electron chi connectivity index (χ0n) is 15.9. The first-order chi connectivity index (χ1) is 12.6. The molecule has 1 aliphatic heterocycles. The van der Waals surface area contributed by atoms with E-state index >= 15 is 0 Å². The number of aryl methyl sites for hydroxylation is 1. The van der Waals surface area contributed by atoms with Gasteiger partial charge in [0.05, 0.1) is 12.7 Å². The minimum Gasteiger partial charge on any atom is -0.496 e. The molecule has 0 unspecified atom stereocenters. The average Bonchev–Trinajstić information content (AvgIpc) is 3.07. The van der Waals surface area contributed by atoms with Crippen molar-refractivity contribution in [1.82, 2.24) is 20.0 Å². The molecule has 2 heterocycles. The lowest BCUT2D eigenvalue weighted by Gasteiger charge is -2.32. The Morgan fingerprint density at radius 1 is 1.31 bits per heavy atom. The highest BCUT2D eigenvalue weighted by atomic mass is 16.5. The summed E-state index contributed by atoms with van der Waals surface area (Å²) in [7, 11) is 5.47. The molecule has 140 valence electrons. The van der Waals surface area contributed by atoms with Crippen molar-refractivity contribution >= 4 is 5.91 Å². The van der Waals surface area contributed by atoms with Gasteiger partial charge in [0.25, 0.3) is 5.91 Å². The third-order valence-electron chi connectivity index (χ3n) is 5.13. The van der Waals surface area contributed by atoms with Crippen LogP contribution in [0, 0.1) is 5.92 Å². The number of likely N-dealkylation sites (tertiary alicyclic amines) is 1. The normalized spacial score (nSPS) is 15.3. The summed E-state index contributed by atoms with van der Waals surface area (Å²) in [5.74, 6) is 1.49. The average molecular weight is 356 g/mol. The molecule has 1 N–H and O–H groups in total. The fourth-order valence-electron chi connectivity index (χ4n) is 3.63. The third kappa shape index (κ3) is 3.90. The number of piperidine rings is 1. The zero-order valence-corrected chi connectivity index (χ0v) is 15.9. The number of carbonyl (C=O) groups excluding carboxylic acids is 1. The SMILES string of the molecule is CNCCC1CCN(C(=O)c2cn(C)nc2-c2ccccc2OC)CC1. The largest absolute Gasteiger partial charge is 0.496 e. The number of methoxy groups -OCH3 is 1. The van der Waals surface area contributed by atoms with Crippen molar-refractivity contribution in [3.8, 4) is 17.0 Å². The second-order valence-corrected chi connectivity index (χ2v) is 6.89. The Bertz CT molecular complexity index is 748. The summed E-state index contributed by atoms with van der Waals surface area (Å²) in [5, 5.41) is 7.75. The summed E-state index contributed by atoms with van der Waals surface area (Å²) in [6.45, 7) is 2.67. The zero-order chi connectivity index (χ0) is 18.5. The van der Waals surface area contributed by atoms with E-state index in [1.807, 2.05) is 49.5 Å². The van der Waals surface area contributed by atoms with Crippen LogP contribution in [0.5, 0.6) is 5.75 Å². The molecule has 0 bridgehead atoms. The molecule has 1 aromatic carbocycles. The quantitative estimate of drug-likeness (QED) is 0.864. The Morgan fingerprint density at radius 3 is 2.73 bits per heavy atom. The fraction of sp³-hybridized carbons (Fsp3) is 0.500. The van der Waals surface area contributed by atoms with Crippen LogP contribution in [0.3, 0.4) is 0 Å². The van der Waals surface area contributed by atoms with Crippen LogP contribution in [-0.4, -0.2) is 54.4 Å². The number of amides is 1. The van der Waals surface area contributed by atoms with Gasteiger partial charge in [0.2, 0.25) is 0 Å². The molecule has 0 spiro atoms. The van der Waals surface area contributed by atoms with Crippen LogP contribution in [-0.2, 0) is 7.05 Å². The highest BCUT2D eigenvalue weighted by Gasteiger charge is 2.27. The van der Waals surface area contributed by atoms with Gasteiger partial charge in [0.1, 0.15) is 11.4 Å². The molecule has 26 heavy (non-hydrogen) atoms. The van der Waals surface area contributed by atoms with Gasteiger partial charge >= 0.3 is 0 Å². The Labute approximate surface area is 155 Å². The predicted molar refractivity (Wildman–Crippen MR) is 102 cm³/mol. The number of para-hydroxylation sites is 1. The monoisotopic (exact) mass is 356 g/mol. The number of benzene rings is 1. The van der Waals surface area contributed by atoms with Crippen LogP contribution in [0.1, 0.15) is 29.6 Å². The van der Waals surface area contributed by atoms with E-state index in [0.29, 0.717) is 17.2 Å². The lowest BCUT2D eigenvalue weighted by molar-refractivity contribution is 0.0688. The Hall–Kier alpha value is -2.34. The first kappa shape index (κ1) is 18.5. The smallest absolute Gasteiger partial charge is 0.257 e. The molecule has 3 rings (SSSR count). The number of aromatic nitrogens is 2. The van der Waals surface area contributed by atoms with E-state index < -0.39 is 0 Å². The minimum atomic E-state index is 0.0612. The van der Waals surface area contributed by atoms with Crippen LogP contribution in [0.4, 0.5) is 0 Å². The number of carbonyl (C=O) groups is 1. The molecule has 0 atom stereocenters. The molecule has 1 saturated heterocycles. The first-order valence-corrected chi connectivity index (χ1v) is 9.25. The summed E-state index contributed by atoms with van der Waals surface area (Å²) in [4.78, 5) is 15.1. The molecular weight excluding hydrogens is 328 g/mol. The van der Waals surface area contributed by atoms with Crippen molar-refractivity contribution in [3.05, 3.63) is 36.0 Å². The van der Waals surface area contributed by atoms with E-state index in [1.165, 1.54) is 6.42 Å². The molecule has 0 radical (unpaired) electrons. The van der Waals surface area contributed by atoms with Gasteiger partial charge in [-0.15, -0.1) is 0 Å². The Balaban J connectivity index is 1.79. The van der Waals surface area contributed by atoms with Crippen molar-refractivity contribution in [2.24, 2.45) is 13.0 Å². The molecule has 1 aliphatic rings. The molecule has 1 amide bonds. The number of hydrogen-bond donors (Lipinski definition) is 1. The van der Waals surface area contributed by atoms with E-state index in [2.05, 4.69) is 10.4 Å². The van der Waals surface area contributed by atoms with Crippen LogP contribution in [0.25, 0.3) is 11.3 Å². The van der Waals surface area contributed by atoms with Crippen molar-refractivity contribution in [3.63, 3.8) is 0 Å². The van der Waals surface area contributed by atoms with Crippen LogP contribution in [0.15, 0.2) is 30.5 Å². The highest BCUT2D eigenvalue weighted by molar-refractivity contribution is 6.00. The van der Waals surface area contributed by atoms with Crippen LogP contribution < -0.4 is 10.1 Å². The van der Waals surface area contributed by atoms with E-state index in [4.69, 9.17) is 4.74 Å². The Kier molecular flexibility index (Phi) is 5.93. The lowest BCUT2D eigenvalue weighted by Crippen LogP contribution is -2.39. The fourth-order valence-corrected chi connectivity index (χ4v) is 3.63. The maximum Gasteiger partial charge on any atom is 0.257 e. The highest BCUT2D eigenvalue weighted by Crippen LogP contribution is 2.32. The summed E-state index contributed by atoms with van der Waals surface area (Å²) in [5.41, 5.74) is 2.18. The summed E-state index contributed by atoms with van der Waals surface area (Å²) in [6, 6.07) is 7.70. The van der Waals surface area contributed by atoms with E-state index in [-0.39, 0.29) is 5.91 Å². The second kappa shape index (κ2) is 8.36. The summed E-state index contributed by atoms with van der Waals surface area (Å²) < 4.78 is 7.16.